The van der Waals surface area contributed by atoms with Crippen molar-refractivity contribution in [2.45, 2.75) is 25.0 Å². The highest BCUT2D eigenvalue weighted by molar-refractivity contribution is 5.30. The highest BCUT2D eigenvalue weighted by Gasteiger charge is 2.24. The highest BCUT2D eigenvalue weighted by atomic mass is 16.5. The lowest BCUT2D eigenvalue weighted by Gasteiger charge is -2.34. The second-order valence-electron chi connectivity index (χ2n) is 6.15. The number of ether oxygens (including phenoxy) is 1. The largest absolute Gasteiger partial charge is 0.364 e. The molecule has 0 N–H and O–H groups in total. The minimum absolute atomic E-state index is 0.00563. The average Bonchev–Trinajstić information content (AvgIpc) is 2.62. The molecular weight excluding hydrogens is 282 g/mol. The molecular formula is C21H25NO. The van der Waals surface area contributed by atoms with Crippen molar-refractivity contribution in [3.05, 3.63) is 84.4 Å². The molecule has 23 heavy (non-hydrogen) atoms. The van der Waals surface area contributed by atoms with Crippen molar-refractivity contribution >= 4 is 0 Å². The smallest absolute Gasteiger partial charge is 0.108 e. The Morgan fingerprint density at radius 1 is 1.04 bits per heavy atom. The maximum Gasteiger partial charge on any atom is 0.108 e. The molecule has 120 valence electrons. The van der Waals surface area contributed by atoms with Crippen LogP contribution in [0.3, 0.4) is 0 Å². The zero-order valence-electron chi connectivity index (χ0n) is 13.6. The summed E-state index contributed by atoms with van der Waals surface area (Å²) in [4.78, 5) is 2.42. The number of benzene rings is 2. The van der Waals surface area contributed by atoms with Crippen LogP contribution in [0.15, 0.2) is 73.3 Å². The van der Waals surface area contributed by atoms with Crippen molar-refractivity contribution in [1.29, 1.82) is 0 Å². The summed E-state index contributed by atoms with van der Waals surface area (Å²) in [5.74, 6) is 0. The van der Waals surface area contributed by atoms with E-state index in [-0.39, 0.29) is 12.2 Å². The van der Waals surface area contributed by atoms with E-state index in [0.717, 1.165) is 26.1 Å². The van der Waals surface area contributed by atoms with Crippen molar-refractivity contribution in [3.8, 4) is 0 Å². The lowest BCUT2D eigenvalue weighted by Crippen LogP contribution is -2.40. The second kappa shape index (κ2) is 8.09. The maximum absolute atomic E-state index is 6.56. The minimum atomic E-state index is 0.00563. The Hall–Kier alpha value is -1.90. The zero-order chi connectivity index (χ0) is 15.9. The fourth-order valence-electron chi connectivity index (χ4n) is 3.27. The number of likely N-dealkylation sites (tertiary alicyclic amines) is 1. The number of hydrogen-bond donors (Lipinski definition) is 0. The van der Waals surface area contributed by atoms with E-state index in [9.17, 15) is 0 Å². The van der Waals surface area contributed by atoms with Crippen LogP contribution in [0.5, 0.6) is 0 Å². The van der Waals surface area contributed by atoms with Gasteiger partial charge in [0.1, 0.15) is 6.10 Å². The first-order chi connectivity index (χ1) is 11.4. The van der Waals surface area contributed by atoms with Gasteiger partial charge in [-0.25, -0.2) is 0 Å². The number of piperidine rings is 1. The minimum Gasteiger partial charge on any atom is -0.364 e. The van der Waals surface area contributed by atoms with Crippen LogP contribution in [0, 0.1) is 0 Å². The molecule has 0 radical (unpaired) electrons. The Balaban J connectivity index is 1.78. The summed E-state index contributed by atoms with van der Waals surface area (Å²) in [5, 5.41) is 0. The molecule has 0 aromatic heterocycles. The molecule has 1 aliphatic heterocycles. The van der Waals surface area contributed by atoms with Crippen molar-refractivity contribution in [3.63, 3.8) is 0 Å². The fourth-order valence-corrected chi connectivity index (χ4v) is 3.27. The van der Waals surface area contributed by atoms with Crippen LogP contribution >= 0.6 is 0 Å². The molecule has 1 aliphatic rings. The number of nitrogens with zero attached hydrogens (tertiary/aromatic N) is 1. The van der Waals surface area contributed by atoms with Gasteiger partial charge in [0.2, 0.25) is 0 Å². The van der Waals surface area contributed by atoms with Gasteiger partial charge >= 0.3 is 0 Å². The molecule has 1 unspecified atom stereocenters. The lowest BCUT2D eigenvalue weighted by molar-refractivity contribution is -0.0310. The average molecular weight is 307 g/mol. The predicted octanol–water partition coefficient (Wildman–Crippen LogP) is 4.44. The van der Waals surface area contributed by atoms with E-state index in [1.54, 1.807) is 0 Å². The summed E-state index contributed by atoms with van der Waals surface area (Å²) < 4.78 is 6.56. The van der Waals surface area contributed by atoms with Gasteiger partial charge in [0.25, 0.3) is 0 Å². The molecule has 0 amide bonds. The van der Waals surface area contributed by atoms with Crippen molar-refractivity contribution in [2.75, 3.05) is 19.6 Å². The normalized spacial score (nSPS) is 18.9. The Morgan fingerprint density at radius 3 is 2.22 bits per heavy atom. The summed E-state index contributed by atoms with van der Waals surface area (Å²) in [7, 11) is 0. The van der Waals surface area contributed by atoms with Crippen molar-refractivity contribution in [2.24, 2.45) is 0 Å². The van der Waals surface area contributed by atoms with Gasteiger partial charge in [-0.05, 0) is 30.5 Å². The molecule has 2 aromatic rings. The Morgan fingerprint density at radius 2 is 1.65 bits per heavy atom. The fraction of sp³-hybridized carbons (Fsp3) is 0.333. The molecule has 1 atom stereocenters. The third-order valence-corrected chi connectivity index (χ3v) is 4.38. The summed E-state index contributed by atoms with van der Waals surface area (Å²) in [5.41, 5.74) is 2.44. The quantitative estimate of drug-likeness (QED) is 0.731. The van der Waals surface area contributed by atoms with Gasteiger partial charge in [0, 0.05) is 13.1 Å². The van der Waals surface area contributed by atoms with E-state index >= 15 is 0 Å². The first kappa shape index (κ1) is 16.0. The predicted molar refractivity (Wildman–Crippen MR) is 95.5 cm³/mol. The van der Waals surface area contributed by atoms with Crippen LogP contribution in [0.4, 0.5) is 0 Å². The molecule has 0 spiro atoms. The lowest BCUT2D eigenvalue weighted by atomic mass is 10.0. The topological polar surface area (TPSA) is 12.5 Å². The van der Waals surface area contributed by atoms with E-state index < -0.39 is 0 Å². The van der Waals surface area contributed by atoms with Gasteiger partial charge in [0.15, 0.2) is 0 Å². The summed E-state index contributed by atoms with van der Waals surface area (Å²) >= 11 is 0. The third-order valence-electron chi connectivity index (χ3n) is 4.38. The highest BCUT2D eigenvalue weighted by Crippen LogP contribution is 2.29. The molecule has 0 saturated carbocycles. The summed E-state index contributed by atoms with van der Waals surface area (Å²) in [6, 6.07) is 21.1. The molecule has 1 saturated heterocycles. The van der Waals surface area contributed by atoms with Crippen molar-refractivity contribution < 1.29 is 4.74 Å². The van der Waals surface area contributed by atoms with Gasteiger partial charge in [-0.15, -0.1) is 6.58 Å². The number of rotatable bonds is 6. The van der Waals surface area contributed by atoms with E-state index in [1.807, 2.05) is 6.08 Å². The number of hydrogen-bond acceptors (Lipinski definition) is 2. The van der Waals surface area contributed by atoms with E-state index in [0.29, 0.717) is 0 Å². The monoisotopic (exact) mass is 307 g/mol. The van der Waals surface area contributed by atoms with E-state index in [1.165, 1.54) is 17.5 Å². The molecule has 0 aliphatic carbocycles. The van der Waals surface area contributed by atoms with Crippen LogP contribution in [0.1, 0.15) is 30.1 Å². The SMILES string of the molecule is C=CCN1CCCC(OC(c2ccccc2)c2ccccc2)C1. The van der Waals surface area contributed by atoms with Gasteiger partial charge in [-0.2, -0.15) is 0 Å². The van der Waals surface area contributed by atoms with Gasteiger partial charge in [-0.1, -0.05) is 66.7 Å². The van der Waals surface area contributed by atoms with Gasteiger partial charge in [0.05, 0.1) is 6.10 Å². The van der Waals surface area contributed by atoms with Crippen LogP contribution in [-0.4, -0.2) is 30.6 Å². The molecule has 3 rings (SSSR count). The molecule has 2 heteroatoms. The van der Waals surface area contributed by atoms with Crippen LogP contribution < -0.4 is 0 Å². The Labute approximate surface area is 139 Å². The van der Waals surface area contributed by atoms with Crippen LogP contribution in [0.25, 0.3) is 0 Å². The summed E-state index contributed by atoms with van der Waals surface area (Å²) in [6.45, 7) is 6.93. The molecule has 1 heterocycles. The molecule has 2 aromatic carbocycles. The van der Waals surface area contributed by atoms with Gasteiger partial charge in [-0.3, -0.25) is 4.90 Å². The molecule has 0 bridgehead atoms. The van der Waals surface area contributed by atoms with Crippen LogP contribution in [0.2, 0.25) is 0 Å². The van der Waals surface area contributed by atoms with E-state index in [4.69, 9.17) is 4.74 Å². The Kier molecular flexibility index (Phi) is 5.62. The molecule has 2 nitrogen and oxygen atoms in total. The third kappa shape index (κ3) is 4.31. The zero-order valence-corrected chi connectivity index (χ0v) is 13.6. The second-order valence-corrected chi connectivity index (χ2v) is 6.15. The van der Waals surface area contributed by atoms with Crippen LogP contribution in [-0.2, 0) is 4.74 Å². The Bertz CT molecular complexity index is 556. The van der Waals surface area contributed by atoms with E-state index in [2.05, 4.69) is 72.1 Å². The first-order valence-corrected chi connectivity index (χ1v) is 8.45. The van der Waals surface area contributed by atoms with Gasteiger partial charge < -0.3 is 4.74 Å². The summed E-state index contributed by atoms with van der Waals surface area (Å²) in [6.07, 6.45) is 4.58. The maximum atomic E-state index is 6.56. The van der Waals surface area contributed by atoms with Crippen molar-refractivity contribution in [1.82, 2.24) is 4.90 Å². The first-order valence-electron chi connectivity index (χ1n) is 8.45. The molecule has 1 fully saturated rings. The standard InChI is InChI=1S/C21H25NO/c1-2-15-22-16-9-14-20(17-22)23-21(18-10-5-3-6-11-18)19-12-7-4-8-13-19/h2-8,10-13,20-21H,1,9,14-17H2.